The van der Waals surface area contributed by atoms with Gasteiger partial charge in [-0.2, -0.15) is 0 Å². The minimum atomic E-state index is 0.183. The predicted molar refractivity (Wildman–Crippen MR) is 91.8 cm³/mol. The normalized spacial score (nSPS) is 19.9. The molecule has 2 heterocycles. The smallest absolute Gasteiger partial charge is 0.178 e. The first-order valence-corrected chi connectivity index (χ1v) is 9.32. The maximum Gasteiger partial charge on any atom is 0.178 e. The summed E-state index contributed by atoms with van der Waals surface area (Å²) in [5, 5.41) is 0. The summed E-state index contributed by atoms with van der Waals surface area (Å²) in [5.74, 6) is 0.183. The van der Waals surface area contributed by atoms with Gasteiger partial charge in [-0.1, -0.05) is 6.92 Å². The first-order valence-electron chi connectivity index (χ1n) is 6.92. The van der Waals surface area contributed by atoms with Crippen molar-refractivity contribution >= 4 is 49.0 Å². The van der Waals surface area contributed by atoms with Crippen LogP contribution in [0.5, 0.6) is 0 Å². The van der Waals surface area contributed by atoms with Gasteiger partial charge in [-0.25, -0.2) is 0 Å². The Bertz CT molecular complexity index is 478. The fourth-order valence-corrected chi connectivity index (χ4v) is 5.66. The van der Waals surface area contributed by atoms with Crippen molar-refractivity contribution in [1.29, 1.82) is 0 Å². The molecule has 3 nitrogen and oxygen atoms in total. The third-order valence-electron chi connectivity index (χ3n) is 3.80. The first-order chi connectivity index (χ1) is 9.51. The molecule has 1 saturated heterocycles. The van der Waals surface area contributed by atoms with Crippen molar-refractivity contribution in [3.8, 4) is 0 Å². The molecule has 112 valence electrons. The fraction of sp³-hybridized carbons (Fsp3) is 0.643. The lowest BCUT2D eigenvalue weighted by Crippen LogP contribution is -2.40. The zero-order chi connectivity index (χ0) is 14.7. The van der Waals surface area contributed by atoms with Gasteiger partial charge in [-0.15, -0.1) is 11.3 Å². The number of Topliss-reactive ketones (excluding diaryl/α,β-unsaturated/α-hetero) is 1. The van der Waals surface area contributed by atoms with Crippen LogP contribution in [0.1, 0.15) is 30.1 Å². The number of carbonyl (C=O) groups is 1. The molecule has 0 spiro atoms. The molecule has 0 aromatic carbocycles. The van der Waals surface area contributed by atoms with Gasteiger partial charge >= 0.3 is 0 Å². The van der Waals surface area contributed by atoms with Gasteiger partial charge in [0, 0.05) is 18.2 Å². The number of nitrogens with zero attached hydrogens (tertiary/aromatic N) is 2. The van der Waals surface area contributed by atoms with E-state index in [1.165, 1.54) is 19.4 Å². The van der Waals surface area contributed by atoms with Crippen molar-refractivity contribution < 1.29 is 4.79 Å². The summed E-state index contributed by atoms with van der Waals surface area (Å²) in [6, 6.07) is 2.51. The van der Waals surface area contributed by atoms with Crippen LogP contribution in [0.3, 0.4) is 0 Å². The first kappa shape index (κ1) is 16.6. The van der Waals surface area contributed by atoms with Crippen LogP contribution >= 0.6 is 43.2 Å². The largest absolute Gasteiger partial charge is 0.299 e. The number of likely N-dealkylation sites (N-methyl/N-ethyl adjacent to an activating group) is 2. The molecule has 2 rings (SSSR count). The SMILES string of the molecule is CCN1CCCC1CN(C)CC(=O)c1cc(Br)sc1Br. The molecule has 1 aliphatic rings. The minimum absolute atomic E-state index is 0.183. The summed E-state index contributed by atoms with van der Waals surface area (Å²) in [6.45, 7) is 5.98. The molecule has 0 bridgehead atoms. The predicted octanol–water partition coefficient (Wildman–Crippen LogP) is 3.87. The number of carbonyl (C=O) groups excluding carboxylic acids is 1. The highest BCUT2D eigenvalue weighted by molar-refractivity contribution is 9.12. The lowest BCUT2D eigenvalue weighted by atomic mass is 10.2. The molecule has 1 aromatic rings. The van der Waals surface area contributed by atoms with Crippen LogP contribution in [0.4, 0.5) is 0 Å². The summed E-state index contributed by atoms with van der Waals surface area (Å²) in [6.07, 6.45) is 2.53. The summed E-state index contributed by atoms with van der Waals surface area (Å²) < 4.78 is 1.90. The standard InChI is InChI=1S/C14H20Br2N2OS/c1-3-18-6-4-5-10(18)8-17(2)9-12(19)11-7-13(15)20-14(11)16/h7,10H,3-6,8-9H2,1-2H3. The average molecular weight is 424 g/mol. The second-order valence-corrected chi connectivity index (χ2v) is 9.03. The Kier molecular flexibility index (Phi) is 6.23. The Morgan fingerprint density at radius 1 is 1.55 bits per heavy atom. The molecule has 1 aliphatic heterocycles. The van der Waals surface area contributed by atoms with E-state index in [0.29, 0.717) is 12.6 Å². The van der Waals surface area contributed by atoms with Crippen molar-refractivity contribution in [2.24, 2.45) is 0 Å². The van der Waals surface area contributed by atoms with E-state index in [2.05, 4.69) is 48.6 Å². The van der Waals surface area contributed by atoms with Crippen molar-refractivity contribution in [1.82, 2.24) is 9.80 Å². The van der Waals surface area contributed by atoms with E-state index in [4.69, 9.17) is 0 Å². The molecular weight excluding hydrogens is 404 g/mol. The molecule has 0 radical (unpaired) electrons. The summed E-state index contributed by atoms with van der Waals surface area (Å²) >= 11 is 8.43. The number of likely N-dealkylation sites (tertiary alicyclic amines) is 1. The summed E-state index contributed by atoms with van der Waals surface area (Å²) in [4.78, 5) is 17.0. The minimum Gasteiger partial charge on any atom is -0.299 e. The van der Waals surface area contributed by atoms with Gasteiger partial charge in [-0.05, 0) is 70.9 Å². The number of ketones is 1. The Morgan fingerprint density at radius 2 is 2.30 bits per heavy atom. The highest BCUT2D eigenvalue weighted by Crippen LogP contribution is 2.32. The van der Waals surface area contributed by atoms with Gasteiger partial charge in [-0.3, -0.25) is 14.6 Å². The van der Waals surface area contributed by atoms with Crippen molar-refractivity contribution in [2.75, 3.05) is 33.2 Å². The Hall–Kier alpha value is 0.250. The van der Waals surface area contributed by atoms with Gasteiger partial charge in [0.15, 0.2) is 5.78 Å². The summed E-state index contributed by atoms with van der Waals surface area (Å²) in [5.41, 5.74) is 0.785. The highest BCUT2D eigenvalue weighted by Gasteiger charge is 2.25. The van der Waals surface area contributed by atoms with Crippen LogP contribution in [0.25, 0.3) is 0 Å². The van der Waals surface area contributed by atoms with Gasteiger partial charge < -0.3 is 0 Å². The zero-order valence-electron chi connectivity index (χ0n) is 11.9. The van der Waals surface area contributed by atoms with E-state index in [9.17, 15) is 4.79 Å². The average Bonchev–Trinajstić information content (AvgIpc) is 2.95. The maximum absolute atomic E-state index is 12.3. The molecule has 6 heteroatoms. The molecule has 1 aromatic heterocycles. The number of rotatable bonds is 6. The molecule has 0 aliphatic carbocycles. The van der Waals surface area contributed by atoms with E-state index in [0.717, 1.165) is 26.2 Å². The molecule has 0 amide bonds. The van der Waals surface area contributed by atoms with Crippen LogP contribution in [-0.2, 0) is 0 Å². The monoisotopic (exact) mass is 422 g/mol. The number of hydrogen-bond donors (Lipinski definition) is 0. The van der Waals surface area contributed by atoms with Crippen molar-refractivity contribution in [2.45, 2.75) is 25.8 Å². The second kappa shape index (κ2) is 7.49. The van der Waals surface area contributed by atoms with Crippen LogP contribution in [0.2, 0.25) is 0 Å². The van der Waals surface area contributed by atoms with Crippen molar-refractivity contribution in [3.63, 3.8) is 0 Å². The van der Waals surface area contributed by atoms with E-state index in [1.54, 1.807) is 11.3 Å². The molecule has 0 N–H and O–H groups in total. The molecule has 0 saturated carbocycles. The van der Waals surface area contributed by atoms with Crippen LogP contribution in [0, 0.1) is 0 Å². The molecule has 20 heavy (non-hydrogen) atoms. The Balaban J connectivity index is 1.89. The fourth-order valence-electron chi connectivity index (χ4n) is 2.80. The van der Waals surface area contributed by atoms with Crippen LogP contribution in [0.15, 0.2) is 13.6 Å². The van der Waals surface area contributed by atoms with Gasteiger partial charge in [0.2, 0.25) is 0 Å². The molecule has 1 fully saturated rings. The maximum atomic E-state index is 12.3. The third-order valence-corrected chi connectivity index (χ3v) is 6.14. The Labute approximate surface area is 141 Å². The van der Waals surface area contributed by atoms with Gasteiger partial charge in [0.25, 0.3) is 0 Å². The van der Waals surface area contributed by atoms with E-state index < -0.39 is 0 Å². The van der Waals surface area contributed by atoms with Crippen LogP contribution < -0.4 is 0 Å². The summed E-state index contributed by atoms with van der Waals surface area (Å²) in [7, 11) is 2.04. The number of hydrogen-bond acceptors (Lipinski definition) is 4. The third kappa shape index (κ3) is 4.13. The highest BCUT2D eigenvalue weighted by atomic mass is 79.9. The van der Waals surface area contributed by atoms with Gasteiger partial charge in [0.1, 0.15) is 0 Å². The van der Waals surface area contributed by atoms with E-state index in [-0.39, 0.29) is 5.78 Å². The van der Waals surface area contributed by atoms with E-state index >= 15 is 0 Å². The molecule has 1 atom stereocenters. The van der Waals surface area contributed by atoms with E-state index in [1.807, 2.05) is 13.1 Å². The van der Waals surface area contributed by atoms with Gasteiger partial charge in [0.05, 0.1) is 14.1 Å². The quantitative estimate of drug-likeness (QED) is 0.648. The lowest BCUT2D eigenvalue weighted by Gasteiger charge is -2.27. The zero-order valence-corrected chi connectivity index (χ0v) is 15.9. The molecule has 1 unspecified atom stereocenters. The number of thiophene rings is 1. The second-order valence-electron chi connectivity index (χ2n) is 5.28. The lowest BCUT2D eigenvalue weighted by molar-refractivity contribution is 0.0929. The number of halogens is 2. The topological polar surface area (TPSA) is 23.6 Å². The van der Waals surface area contributed by atoms with Crippen molar-refractivity contribution in [3.05, 3.63) is 19.2 Å². The van der Waals surface area contributed by atoms with Crippen LogP contribution in [-0.4, -0.2) is 54.9 Å². The molecular formula is C14H20Br2N2OS. The Morgan fingerprint density at radius 3 is 2.90 bits per heavy atom.